The van der Waals surface area contributed by atoms with Crippen LogP contribution < -0.4 is 0 Å². The van der Waals surface area contributed by atoms with Gasteiger partial charge in [-0.15, -0.1) is 11.3 Å². The first-order valence-corrected chi connectivity index (χ1v) is 9.97. The molecule has 0 aliphatic carbocycles. The number of thiol groups is 1. The summed E-state index contributed by atoms with van der Waals surface area (Å²) in [5, 5.41) is 0. The van der Waals surface area contributed by atoms with Crippen LogP contribution >= 0.6 is 39.9 Å². The second kappa shape index (κ2) is 9.02. The standard InChI is InChI=1S/C18H23BrS2/c1-2-3-4-5-6-16-13-17(21-18(16)19)15-9-7-14(8-10-15)11-12-20/h7-10,13,20H,2-6,11-12H2,1H3. The fourth-order valence-electron chi connectivity index (χ4n) is 2.43. The zero-order chi connectivity index (χ0) is 15.1. The van der Waals surface area contributed by atoms with Crippen molar-refractivity contribution in [3.63, 3.8) is 0 Å². The predicted octanol–water partition coefficient (Wildman–Crippen LogP) is 6.77. The third-order valence-electron chi connectivity index (χ3n) is 3.70. The second-order valence-electron chi connectivity index (χ2n) is 5.39. The van der Waals surface area contributed by atoms with Crippen LogP contribution in [0.15, 0.2) is 34.1 Å². The number of rotatable bonds is 8. The van der Waals surface area contributed by atoms with Gasteiger partial charge >= 0.3 is 0 Å². The Kier molecular flexibility index (Phi) is 7.35. The number of hydrogen-bond acceptors (Lipinski definition) is 2. The number of benzene rings is 1. The molecule has 0 N–H and O–H groups in total. The molecule has 0 amide bonds. The van der Waals surface area contributed by atoms with Gasteiger partial charge in [0.2, 0.25) is 0 Å². The molecule has 1 aromatic heterocycles. The van der Waals surface area contributed by atoms with E-state index in [0.29, 0.717) is 0 Å². The lowest BCUT2D eigenvalue weighted by molar-refractivity contribution is 0.667. The highest BCUT2D eigenvalue weighted by Gasteiger charge is 2.08. The molecule has 0 unspecified atom stereocenters. The first kappa shape index (κ1) is 17.1. The number of thiophene rings is 1. The SMILES string of the molecule is CCCCCCc1cc(-c2ccc(CCS)cc2)sc1Br. The van der Waals surface area contributed by atoms with Crippen molar-refractivity contribution in [2.45, 2.75) is 45.4 Å². The van der Waals surface area contributed by atoms with Crippen LogP contribution in [0.4, 0.5) is 0 Å². The molecule has 0 aliphatic heterocycles. The summed E-state index contributed by atoms with van der Waals surface area (Å²) >= 11 is 9.87. The summed E-state index contributed by atoms with van der Waals surface area (Å²) in [6, 6.07) is 11.3. The van der Waals surface area contributed by atoms with Gasteiger partial charge in [-0.2, -0.15) is 12.6 Å². The molecule has 114 valence electrons. The van der Waals surface area contributed by atoms with Crippen LogP contribution in [0.5, 0.6) is 0 Å². The maximum atomic E-state index is 4.29. The first-order valence-electron chi connectivity index (χ1n) is 7.73. The van der Waals surface area contributed by atoms with Gasteiger partial charge in [0.1, 0.15) is 0 Å². The quantitative estimate of drug-likeness (QED) is 0.377. The van der Waals surface area contributed by atoms with E-state index < -0.39 is 0 Å². The van der Waals surface area contributed by atoms with Gasteiger partial charge < -0.3 is 0 Å². The number of aryl methyl sites for hydroxylation is 2. The Labute approximate surface area is 146 Å². The van der Waals surface area contributed by atoms with Gasteiger partial charge in [0.25, 0.3) is 0 Å². The van der Waals surface area contributed by atoms with Crippen LogP contribution in [0.25, 0.3) is 10.4 Å². The van der Waals surface area contributed by atoms with Gasteiger partial charge in [-0.3, -0.25) is 0 Å². The van der Waals surface area contributed by atoms with E-state index in [4.69, 9.17) is 0 Å². The lowest BCUT2D eigenvalue weighted by Gasteiger charge is -2.01. The fourth-order valence-corrected chi connectivity index (χ4v) is 4.46. The van der Waals surface area contributed by atoms with Crippen molar-refractivity contribution in [2.75, 3.05) is 5.75 Å². The number of unbranched alkanes of at least 4 members (excludes halogenated alkanes) is 3. The van der Waals surface area contributed by atoms with E-state index in [1.165, 1.54) is 57.5 Å². The molecule has 0 nitrogen and oxygen atoms in total. The lowest BCUT2D eigenvalue weighted by Crippen LogP contribution is -1.85. The van der Waals surface area contributed by atoms with Crippen molar-refractivity contribution in [3.05, 3.63) is 45.2 Å². The van der Waals surface area contributed by atoms with Crippen molar-refractivity contribution in [2.24, 2.45) is 0 Å². The van der Waals surface area contributed by atoms with Crippen molar-refractivity contribution in [1.82, 2.24) is 0 Å². The summed E-state index contributed by atoms with van der Waals surface area (Å²) in [6.45, 7) is 2.26. The fraction of sp³-hybridized carbons (Fsp3) is 0.444. The molecule has 0 radical (unpaired) electrons. The molecule has 0 fully saturated rings. The summed E-state index contributed by atoms with van der Waals surface area (Å²) in [4.78, 5) is 1.37. The largest absolute Gasteiger partial charge is 0.179 e. The Hall–Kier alpha value is -0.250. The average molecular weight is 383 g/mol. The van der Waals surface area contributed by atoms with Gasteiger partial charge in [-0.25, -0.2) is 0 Å². The second-order valence-corrected chi connectivity index (χ2v) is 8.21. The Balaban J connectivity index is 2.03. The molecule has 0 aliphatic rings. The molecule has 3 heteroatoms. The van der Waals surface area contributed by atoms with Crippen LogP contribution in [-0.2, 0) is 12.8 Å². The minimum absolute atomic E-state index is 0.909. The van der Waals surface area contributed by atoms with Crippen LogP contribution in [0.3, 0.4) is 0 Å². The normalized spacial score (nSPS) is 11.0. The molecule has 0 spiro atoms. The highest BCUT2D eigenvalue weighted by atomic mass is 79.9. The molecule has 0 saturated carbocycles. The number of hydrogen-bond donors (Lipinski definition) is 1. The first-order chi connectivity index (χ1) is 10.2. The van der Waals surface area contributed by atoms with Crippen LogP contribution in [0.2, 0.25) is 0 Å². The summed E-state index contributed by atoms with van der Waals surface area (Å²) in [5.41, 5.74) is 4.15. The number of halogens is 1. The van der Waals surface area contributed by atoms with E-state index in [1.54, 1.807) is 0 Å². The van der Waals surface area contributed by atoms with Crippen molar-refractivity contribution >= 4 is 39.9 Å². The molecule has 0 saturated heterocycles. The van der Waals surface area contributed by atoms with Crippen LogP contribution in [0, 0.1) is 0 Å². The molecule has 2 aromatic rings. The molecule has 1 heterocycles. The summed E-state index contributed by atoms with van der Waals surface area (Å²) in [7, 11) is 0. The molecule has 2 rings (SSSR count). The zero-order valence-corrected chi connectivity index (χ0v) is 15.9. The summed E-state index contributed by atoms with van der Waals surface area (Å²) in [5.74, 6) is 0.909. The third kappa shape index (κ3) is 5.15. The maximum absolute atomic E-state index is 4.29. The predicted molar refractivity (Wildman–Crippen MR) is 103 cm³/mol. The van der Waals surface area contributed by atoms with E-state index >= 15 is 0 Å². The highest BCUT2D eigenvalue weighted by Crippen LogP contribution is 2.36. The minimum atomic E-state index is 0.909. The van der Waals surface area contributed by atoms with Crippen LogP contribution in [0.1, 0.15) is 43.7 Å². The molecule has 1 aromatic carbocycles. The Morgan fingerprint density at radius 1 is 1.05 bits per heavy atom. The summed E-state index contributed by atoms with van der Waals surface area (Å²) in [6.07, 6.45) is 7.51. The van der Waals surface area contributed by atoms with Crippen molar-refractivity contribution < 1.29 is 0 Å². The Bertz CT molecular complexity index is 543. The van der Waals surface area contributed by atoms with Crippen molar-refractivity contribution in [1.29, 1.82) is 0 Å². The molecule has 21 heavy (non-hydrogen) atoms. The molecule has 0 bridgehead atoms. The van der Waals surface area contributed by atoms with E-state index in [2.05, 4.69) is 65.8 Å². The minimum Gasteiger partial charge on any atom is -0.179 e. The highest BCUT2D eigenvalue weighted by molar-refractivity contribution is 9.11. The smallest absolute Gasteiger partial charge is 0.0737 e. The zero-order valence-electron chi connectivity index (χ0n) is 12.6. The van der Waals surface area contributed by atoms with Gasteiger partial charge in [0.05, 0.1) is 3.79 Å². The van der Waals surface area contributed by atoms with E-state index in [1.807, 2.05) is 11.3 Å². The van der Waals surface area contributed by atoms with E-state index in [0.717, 1.165) is 12.2 Å². The van der Waals surface area contributed by atoms with Gasteiger partial charge in [0.15, 0.2) is 0 Å². The van der Waals surface area contributed by atoms with Crippen LogP contribution in [-0.4, -0.2) is 5.75 Å². The van der Waals surface area contributed by atoms with Gasteiger partial charge in [-0.1, -0.05) is 50.5 Å². The molecule has 0 atom stereocenters. The van der Waals surface area contributed by atoms with E-state index in [9.17, 15) is 0 Å². The summed E-state index contributed by atoms with van der Waals surface area (Å²) < 4.78 is 1.30. The Morgan fingerprint density at radius 3 is 2.48 bits per heavy atom. The van der Waals surface area contributed by atoms with E-state index in [-0.39, 0.29) is 0 Å². The van der Waals surface area contributed by atoms with Gasteiger partial charge in [-0.05, 0) is 63.7 Å². The Morgan fingerprint density at radius 2 is 1.81 bits per heavy atom. The van der Waals surface area contributed by atoms with Gasteiger partial charge in [0, 0.05) is 4.88 Å². The lowest BCUT2D eigenvalue weighted by atomic mass is 10.1. The molecular weight excluding hydrogens is 360 g/mol. The topological polar surface area (TPSA) is 0 Å². The maximum Gasteiger partial charge on any atom is 0.0737 e. The van der Waals surface area contributed by atoms with Crippen molar-refractivity contribution in [3.8, 4) is 10.4 Å². The average Bonchev–Trinajstić information content (AvgIpc) is 2.86. The molecular formula is C18H23BrS2. The monoisotopic (exact) mass is 382 g/mol. The third-order valence-corrected chi connectivity index (χ3v) is 5.93.